The summed E-state index contributed by atoms with van der Waals surface area (Å²) in [6.45, 7) is 4.55. The summed E-state index contributed by atoms with van der Waals surface area (Å²) in [5, 5.41) is 3.11. The van der Waals surface area contributed by atoms with Crippen LogP contribution in [0.15, 0.2) is 36.5 Å². The first-order valence-corrected chi connectivity index (χ1v) is 9.96. The van der Waals surface area contributed by atoms with E-state index in [1.807, 2.05) is 43.0 Å². The van der Waals surface area contributed by atoms with Gasteiger partial charge < -0.3 is 5.32 Å². The Kier molecular flexibility index (Phi) is 4.87. The maximum atomic E-state index is 13.3. The van der Waals surface area contributed by atoms with Gasteiger partial charge in [0.2, 0.25) is 5.91 Å². The van der Waals surface area contributed by atoms with Crippen molar-refractivity contribution in [3.05, 3.63) is 53.5 Å². The van der Waals surface area contributed by atoms with Crippen molar-refractivity contribution < 1.29 is 9.59 Å². The van der Waals surface area contributed by atoms with Gasteiger partial charge in [-0.15, -0.1) is 0 Å². The first-order valence-electron chi connectivity index (χ1n) is 9.96. The Morgan fingerprint density at radius 3 is 2.82 bits per heavy atom. The zero-order chi connectivity index (χ0) is 19.7. The number of hydrogen-bond donors (Lipinski definition) is 1. The van der Waals surface area contributed by atoms with E-state index in [9.17, 15) is 9.59 Å². The molecule has 2 atom stereocenters. The summed E-state index contributed by atoms with van der Waals surface area (Å²) in [5.74, 6) is 0.715. The zero-order valence-corrected chi connectivity index (χ0v) is 16.4. The summed E-state index contributed by atoms with van der Waals surface area (Å²) in [5.41, 5.74) is 1.95. The minimum absolute atomic E-state index is 0.00145. The number of pyridine rings is 2. The summed E-state index contributed by atoms with van der Waals surface area (Å²) in [4.78, 5) is 36.4. The fourth-order valence-corrected chi connectivity index (χ4v) is 4.49. The molecule has 146 valence electrons. The monoisotopic (exact) mass is 378 g/mol. The lowest BCUT2D eigenvalue weighted by Crippen LogP contribution is -2.46. The second-order valence-corrected chi connectivity index (χ2v) is 8.11. The number of amides is 2. The van der Waals surface area contributed by atoms with Gasteiger partial charge in [0, 0.05) is 24.5 Å². The first-order chi connectivity index (χ1) is 13.5. The van der Waals surface area contributed by atoms with Crippen LogP contribution >= 0.6 is 0 Å². The Labute approximate surface area is 165 Å². The first kappa shape index (κ1) is 18.6. The van der Waals surface area contributed by atoms with E-state index in [1.165, 1.54) is 0 Å². The van der Waals surface area contributed by atoms with Crippen LogP contribution in [-0.2, 0) is 4.79 Å². The quantitative estimate of drug-likeness (QED) is 0.890. The third-order valence-electron chi connectivity index (χ3n) is 5.99. The van der Waals surface area contributed by atoms with Crippen molar-refractivity contribution >= 4 is 17.6 Å². The fraction of sp³-hybridized carbons (Fsp3) is 0.455. The zero-order valence-electron chi connectivity index (χ0n) is 16.4. The molecule has 2 amide bonds. The van der Waals surface area contributed by atoms with E-state index in [4.69, 9.17) is 0 Å². The van der Waals surface area contributed by atoms with Crippen LogP contribution in [0.4, 0.5) is 5.82 Å². The van der Waals surface area contributed by atoms with E-state index in [-0.39, 0.29) is 23.3 Å². The molecule has 0 bridgehead atoms. The smallest absolute Gasteiger partial charge is 0.270 e. The molecule has 0 aromatic carbocycles. The Morgan fingerprint density at radius 1 is 1.21 bits per heavy atom. The lowest BCUT2D eigenvalue weighted by atomic mass is 9.71. The highest BCUT2D eigenvalue weighted by Crippen LogP contribution is 2.45. The predicted octanol–water partition coefficient (Wildman–Crippen LogP) is 3.19. The van der Waals surface area contributed by atoms with E-state index in [1.54, 1.807) is 12.3 Å². The number of hydrogen-bond acceptors (Lipinski definition) is 4. The number of rotatable bonds is 3. The summed E-state index contributed by atoms with van der Waals surface area (Å²) < 4.78 is 0. The topological polar surface area (TPSA) is 75.2 Å². The third kappa shape index (κ3) is 3.51. The van der Waals surface area contributed by atoms with Crippen LogP contribution in [0.3, 0.4) is 0 Å². The van der Waals surface area contributed by atoms with Crippen molar-refractivity contribution in [2.75, 3.05) is 11.4 Å². The average Bonchev–Trinajstić information content (AvgIpc) is 2.98. The van der Waals surface area contributed by atoms with Gasteiger partial charge in [-0.05, 0) is 63.3 Å². The van der Waals surface area contributed by atoms with Crippen molar-refractivity contribution in [3.8, 4) is 0 Å². The van der Waals surface area contributed by atoms with Crippen LogP contribution in [0.5, 0.6) is 0 Å². The number of nitrogens with zero attached hydrogens (tertiary/aromatic N) is 3. The molecule has 1 spiro atoms. The molecule has 2 fully saturated rings. The van der Waals surface area contributed by atoms with Crippen LogP contribution < -0.4 is 10.2 Å². The number of aromatic nitrogens is 2. The minimum atomic E-state index is -0.386. The van der Waals surface area contributed by atoms with Gasteiger partial charge in [-0.3, -0.25) is 14.5 Å². The summed E-state index contributed by atoms with van der Waals surface area (Å²) in [7, 11) is 0. The Hall–Kier alpha value is -2.76. The van der Waals surface area contributed by atoms with Gasteiger partial charge in [0.25, 0.3) is 5.91 Å². The molecule has 1 N–H and O–H groups in total. The number of nitrogens with one attached hydrogen (secondary N) is 1. The molecule has 1 aliphatic carbocycles. The van der Waals surface area contributed by atoms with Crippen LogP contribution in [0.1, 0.15) is 53.8 Å². The van der Waals surface area contributed by atoms with Crippen molar-refractivity contribution in [2.45, 2.75) is 52.0 Å². The van der Waals surface area contributed by atoms with E-state index in [0.29, 0.717) is 18.7 Å². The standard InChI is InChI=1S/C22H26N4O2/c1-15-8-9-19(23-14-15)26-12-11-22(21(26)28)10-4-6-17(13-22)25-20(27)18-7-3-5-16(2)24-18/h3,5,7-9,14,17H,4,6,10-13H2,1-2H3,(H,25,27)/t17-,22+/m1/s1. The molecule has 2 aliphatic rings. The van der Waals surface area contributed by atoms with Gasteiger partial charge in [-0.2, -0.15) is 0 Å². The van der Waals surface area contributed by atoms with Gasteiger partial charge in [-0.25, -0.2) is 9.97 Å². The molecular weight excluding hydrogens is 352 g/mol. The lowest BCUT2D eigenvalue weighted by molar-refractivity contribution is -0.127. The molecule has 6 heteroatoms. The number of aryl methyl sites for hydroxylation is 2. The van der Waals surface area contributed by atoms with Crippen LogP contribution in [0.25, 0.3) is 0 Å². The van der Waals surface area contributed by atoms with Crippen LogP contribution in [-0.4, -0.2) is 34.4 Å². The molecule has 2 aromatic rings. The highest BCUT2D eigenvalue weighted by Gasteiger charge is 2.50. The largest absolute Gasteiger partial charge is 0.348 e. The Balaban J connectivity index is 1.46. The second-order valence-electron chi connectivity index (χ2n) is 8.11. The SMILES string of the molecule is Cc1ccc(N2CC[C@]3(CCC[C@@H](NC(=O)c4cccc(C)n4)C3)C2=O)nc1. The number of anilines is 1. The third-order valence-corrected chi connectivity index (χ3v) is 5.99. The second kappa shape index (κ2) is 7.34. The van der Waals surface area contributed by atoms with Gasteiger partial charge in [0.05, 0.1) is 5.41 Å². The normalized spacial score (nSPS) is 24.6. The minimum Gasteiger partial charge on any atom is -0.348 e. The van der Waals surface area contributed by atoms with Crippen molar-refractivity contribution in [1.82, 2.24) is 15.3 Å². The molecule has 3 heterocycles. The van der Waals surface area contributed by atoms with E-state index in [0.717, 1.165) is 42.8 Å². The van der Waals surface area contributed by atoms with Crippen LogP contribution in [0.2, 0.25) is 0 Å². The van der Waals surface area contributed by atoms with E-state index < -0.39 is 0 Å². The van der Waals surface area contributed by atoms with Crippen LogP contribution in [0, 0.1) is 19.3 Å². The molecule has 0 unspecified atom stereocenters. The summed E-state index contributed by atoms with van der Waals surface area (Å²) >= 11 is 0. The van der Waals surface area contributed by atoms with Gasteiger partial charge >= 0.3 is 0 Å². The highest BCUT2D eigenvalue weighted by molar-refractivity contribution is 5.99. The van der Waals surface area contributed by atoms with Crippen molar-refractivity contribution in [2.24, 2.45) is 5.41 Å². The summed E-state index contributed by atoms with van der Waals surface area (Å²) in [6.07, 6.45) is 6.01. The molecule has 1 saturated carbocycles. The molecule has 1 aliphatic heterocycles. The Morgan fingerprint density at radius 2 is 2.07 bits per heavy atom. The van der Waals surface area contributed by atoms with Gasteiger partial charge in [-0.1, -0.05) is 18.6 Å². The molecule has 28 heavy (non-hydrogen) atoms. The summed E-state index contributed by atoms with van der Waals surface area (Å²) in [6, 6.07) is 9.34. The van der Waals surface area contributed by atoms with Gasteiger partial charge in [0.15, 0.2) is 0 Å². The fourth-order valence-electron chi connectivity index (χ4n) is 4.49. The highest BCUT2D eigenvalue weighted by atomic mass is 16.2. The predicted molar refractivity (Wildman–Crippen MR) is 107 cm³/mol. The van der Waals surface area contributed by atoms with Gasteiger partial charge in [0.1, 0.15) is 11.5 Å². The van der Waals surface area contributed by atoms with E-state index in [2.05, 4.69) is 15.3 Å². The molecule has 0 radical (unpaired) electrons. The van der Waals surface area contributed by atoms with E-state index >= 15 is 0 Å². The molecule has 2 aromatic heterocycles. The molecule has 6 nitrogen and oxygen atoms in total. The maximum Gasteiger partial charge on any atom is 0.270 e. The van der Waals surface area contributed by atoms with Crippen molar-refractivity contribution in [1.29, 1.82) is 0 Å². The molecular formula is C22H26N4O2. The van der Waals surface area contributed by atoms with Crippen molar-refractivity contribution in [3.63, 3.8) is 0 Å². The molecule has 4 rings (SSSR count). The number of carbonyl (C=O) groups excluding carboxylic acids is 2. The lowest BCUT2D eigenvalue weighted by Gasteiger charge is -2.36. The number of carbonyl (C=O) groups is 2. The maximum absolute atomic E-state index is 13.3. The average molecular weight is 378 g/mol. The molecule has 1 saturated heterocycles. The Bertz CT molecular complexity index is 896.